The van der Waals surface area contributed by atoms with Gasteiger partial charge < -0.3 is 8.83 Å². The smallest absolute Gasteiger partial charge is 0.336 e. The molecule has 0 amide bonds. The van der Waals surface area contributed by atoms with Crippen molar-refractivity contribution in [2.24, 2.45) is 0 Å². The third-order valence-corrected chi connectivity index (χ3v) is 6.52. The van der Waals surface area contributed by atoms with Crippen LogP contribution in [0.1, 0.15) is 28.0 Å². The van der Waals surface area contributed by atoms with Crippen LogP contribution in [0.5, 0.6) is 0 Å². The Morgan fingerprint density at radius 3 is 2.16 bits per heavy atom. The molecule has 0 saturated carbocycles. The van der Waals surface area contributed by atoms with Crippen molar-refractivity contribution in [2.45, 2.75) is 33.9 Å². The summed E-state index contributed by atoms with van der Waals surface area (Å²) in [5, 5.41) is 2.12. The van der Waals surface area contributed by atoms with Gasteiger partial charge in [-0.25, -0.2) is 4.79 Å². The molecule has 0 spiro atoms. The summed E-state index contributed by atoms with van der Waals surface area (Å²) < 4.78 is 11.7. The molecule has 1 saturated heterocycles. The zero-order valence-electron chi connectivity index (χ0n) is 18.4. The van der Waals surface area contributed by atoms with Crippen molar-refractivity contribution < 1.29 is 8.83 Å². The molecule has 5 nitrogen and oxygen atoms in total. The molecule has 1 aliphatic heterocycles. The van der Waals surface area contributed by atoms with Crippen molar-refractivity contribution in [3.8, 4) is 0 Å². The van der Waals surface area contributed by atoms with E-state index in [0.29, 0.717) is 5.58 Å². The molecule has 5 rings (SSSR count). The van der Waals surface area contributed by atoms with Crippen molar-refractivity contribution in [1.29, 1.82) is 0 Å². The average Bonchev–Trinajstić information content (AvgIpc) is 3.07. The fraction of sp³-hybridized carbons (Fsp3) is 0.346. The van der Waals surface area contributed by atoms with Gasteiger partial charge in [0.25, 0.3) is 0 Å². The summed E-state index contributed by atoms with van der Waals surface area (Å²) in [6.07, 6.45) is 0. The van der Waals surface area contributed by atoms with Gasteiger partial charge in [-0.2, -0.15) is 0 Å². The van der Waals surface area contributed by atoms with Crippen molar-refractivity contribution in [3.63, 3.8) is 0 Å². The van der Waals surface area contributed by atoms with Crippen LogP contribution in [0.3, 0.4) is 0 Å². The summed E-state index contributed by atoms with van der Waals surface area (Å²) in [4.78, 5) is 16.9. The second-order valence-corrected chi connectivity index (χ2v) is 8.68. The Bertz CT molecular complexity index is 1300. The first-order chi connectivity index (χ1) is 15.0. The van der Waals surface area contributed by atoms with E-state index in [-0.39, 0.29) is 5.63 Å². The monoisotopic (exact) mass is 416 g/mol. The molecule has 1 aliphatic rings. The number of hydrogen-bond donors (Lipinski definition) is 0. The lowest BCUT2D eigenvalue weighted by molar-refractivity contribution is 0.122. The molecule has 0 radical (unpaired) electrons. The highest BCUT2D eigenvalue weighted by molar-refractivity contribution is 5.99. The maximum Gasteiger partial charge on any atom is 0.336 e. The minimum Gasteiger partial charge on any atom is -0.461 e. The van der Waals surface area contributed by atoms with Crippen molar-refractivity contribution in [1.82, 2.24) is 9.80 Å². The summed E-state index contributed by atoms with van der Waals surface area (Å²) in [6, 6.07) is 14.4. The molecule has 0 bridgehead atoms. The fourth-order valence-electron chi connectivity index (χ4n) is 4.72. The van der Waals surface area contributed by atoms with Crippen molar-refractivity contribution >= 4 is 21.9 Å². The van der Waals surface area contributed by atoms with Gasteiger partial charge in [-0.1, -0.05) is 30.3 Å². The number of hydrogen-bond acceptors (Lipinski definition) is 5. The van der Waals surface area contributed by atoms with Gasteiger partial charge in [0.15, 0.2) is 0 Å². The molecule has 2 aromatic carbocycles. The predicted octanol–water partition coefficient (Wildman–Crippen LogP) is 4.78. The van der Waals surface area contributed by atoms with Crippen molar-refractivity contribution in [3.05, 3.63) is 80.9 Å². The van der Waals surface area contributed by atoms with Crippen LogP contribution in [0.2, 0.25) is 0 Å². The van der Waals surface area contributed by atoms with E-state index < -0.39 is 0 Å². The van der Waals surface area contributed by atoms with E-state index in [2.05, 4.69) is 46.2 Å². The van der Waals surface area contributed by atoms with E-state index in [1.165, 1.54) is 11.1 Å². The zero-order chi connectivity index (χ0) is 21.5. The van der Waals surface area contributed by atoms with E-state index in [1.54, 1.807) is 6.07 Å². The number of benzene rings is 2. The second kappa shape index (κ2) is 7.98. The van der Waals surface area contributed by atoms with Crippen LogP contribution in [0, 0.1) is 20.8 Å². The van der Waals surface area contributed by atoms with E-state index in [1.807, 2.05) is 20.8 Å². The van der Waals surface area contributed by atoms with Gasteiger partial charge in [-0.15, -0.1) is 0 Å². The normalized spacial score (nSPS) is 15.8. The molecule has 2 aromatic heterocycles. The van der Waals surface area contributed by atoms with E-state index >= 15 is 0 Å². The standard InChI is InChI=1S/C26H28N2O3/c1-17-13-24(29)31-25-18(2)26-22(14-21(17)25)23(19(3)30-26)16-28-11-9-27(10-12-28)15-20-7-5-4-6-8-20/h4-8,13-14H,9-12,15-16H2,1-3H3. The number of nitrogens with zero attached hydrogens (tertiary/aromatic N) is 2. The Balaban J connectivity index is 1.38. The highest BCUT2D eigenvalue weighted by Crippen LogP contribution is 2.35. The second-order valence-electron chi connectivity index (χ2n) is 8.68. The molecule has 0 N–H and O–H groups in total. The number of rotatable bonds is 4. The Kier molecular flexibility index (Phi) is 5.16. The van der Waals surface area contributed by atoms with Gasteiger partial charge in [0.2, 0.25) is 0 Å². The maximum absolute atomic E-state index is 11.9. The molecule has 3 heterocycles. The molecule has 0 atom stereocenters. The summed E-state index contributed by atoms with van der Waals surface area (Å²) in [5.41, 5.74) is 5.60. The molecule has 31 heavy (non-hydrogen) atoms. The quantitative estimate of drug-likeness (QED) is 0.448. The summed E-state index contributed by atoms with van der Waals surface area (Å²) in [5.74, 6) is 0.945. The lowest BCUT2D eigenvalue weighted by Gasteiger charge is -2.34. The van der Waals surface area contributed by atoms with Gasteiger partial charge in [-0.3, -0.25) is 9.80 Å². The van der Waals surface area contributed by atoms with Crippen LogP contribution < -0.4 is 5.63 Å². The van der Waals surface area contributed by atoms with Gasteiger partial charge in [-0.05, 0) is 38.0 Å². The molecule has 4 aromatic rings. The number of aryl methyl sites for hydroxylation is 3. The van der Waals surface area contributed by atoms with Crippen molar-refractivity contribution in [2.75, 3.05) is 26.2 Å². The van der Waals surface area contributed by atoms with E-state index in [4.69, 9.17) is 8.83 Å². The zero-order valence-corrected chi connectivity index (χ0v) is 18.4. The van der Waals surface area contributed by atoms with Crippen LogP contribution in [0.4, 0.5) is 0 Å². The summed E-state index contributed by atoms with van der Waals surface area (Å²) in [7, 11) is 0. The molecule has 0 unspecified atom stereocenters. The van der Waals surface area contributed by atoms with Gasteiger partial charge in [0.05, 0.1) is 0 Å². The molecule has 1 fully saturated rings. The highest BCUT2D eigenvalue weighted by atomic mass is 16.4. The molecular weight excluding hydrogens is 388 g/mol. The van der Waals surface area contributed by atoms with Crippen LogP contribution in [0.15, 0.2) is 56.1 Å². The highest BCUT2D eigenvalue weighted by Gasteiger charge is 2.22. The van der Waals surface area contributed by atoms with Gasteiger partial charge in [0.1, 0.15) is 16.9 Å². The topological polar surface area (TPSA) is 49.8 Å². The lowest BCUT2D eigenvalue weighted by Crippen LogP contribution is -2.45. The van der Waals surface area contributed by atoms with Crippen LogP contribution in [-0.4, -0.2) is 36.0 Å². The van der Waals surface area contributed by atoms with Gasteiger partial charge >= 0.3 is 5.63 Å². The van der Waals surface area contributed by atoms with Crippen LogP contribution in [0.25, 0.3) is 21.9 Å². The minimum atomic E-state index is -0.315. The van der Waals surface area contributed by atoms with Crippen LogP contribution in [-0.2, 0) is 13.1 Å². The van der Waals surface area contributed by atoms with Gasteiger partial charge in [0, 0.05) is 67.2 Å². The molecule has 0 aliphatic carbocycles. The Hall–Kier alpha value is -2.89. The first-order valence-corrected chi connectivity index (χ1v) is 10.9. The first kappa shape index (κ1) is 20.0. The Labute approximate surface area is 181 Å². The summed E-state index contributed by atoms with van der Waals surface area (Å²) in [6.45, 7) is 12.1. The average molecular weight is 417 g/mol. The lowest BCUT2D eigenvalue weighted by atomic mass is 10.0. The van der Waals surface area contributed by atoms with E-state index in [0.717, 1.165) is 72.5 Å². The maximum atomic E-state index is 11.9. The largest absolute Gasteiger partial charge is 0.461 e. The Morgan fingerprint density at radius 1 is 0.806 bits per heavy atom. The van der Waals surface area contributed by atoms with E-state index in [9.17, 15) is 4.79 Å². The molecule has 160 valence electrons. The summed E-state index contributed by atoms with van der Waals surface area (Å²) >= 11 is 0. The SMILES string of the molecule is Cc1oc2c(C)c3oc(=O)cc(C)c3cc2c1CN1CCN(Cc2ccccc2)CC1. The third kappa shape index (κ3) is 3.80. The molecular formula is C26H28N2O3. The molecule has 5 heteroatoms. The predicted molar refractivity (Wildman–Crippen MR) is 123 cm³/mol. The minimum absolute atomic E-state index is 0.315. The number of fused-ring (bicyclic) bond motifs is 2. The number of piperazine rings is 1. The number of furan rings is 1. The van der Waals surface area contributed by atoms with Crippen LogP contribution >= 0.6 is 0 Å². The Morgan fingerprint density at radius 2 is 1.45 bits per heavy atom. The first-order valence-electron chi connectivity index (χ1n) is 10.9. The third-order valence-electron chi connectivity index (χ3n) is 6.52. The fourth-order valence-corrected chi connectivity index (χ4v) is 4.72.